The molecule has 0 aliphatic rings. The van der Waals surface area contributed by atoms with Crippen molar-refractivity contribution in [2.75, 3.05) is 0 Å². The highest BCUT2D eigenvalue weighted by atomic mass is 16.1. The van der Waals surface area contributed by atoms with Crippen molar-refractivity contribution < 1.29 is 9.59 Å². The first-order valence-corrected chi connectivity index (χ1v) is 10.7. The first-order valence-electron chi connectivity index (χ1n) is 10.7. The summed E-state index contributed by atoms with van der Waals surface area (Å²) < 4.78 is 2.07. The second kappa shape index (κ2) is 10.1. The predicted octanol–water partition coefficient (Wildman–Crippen LogP) is 5.59. The average molecular weight is 415 g/mol. The molecule has 0 radical (unpaired) electrons. The Morgan fingerprint density at radius 3 is 2.55 bits per heavy atom. The van der Waals surface area contributed by atoms with Crippen LogP contribution in [0.1, 0.15) is 46.1 Å². The van der Waals surface area contributed by atoms with Gasteiger partial charge in [0, 0.05) is 27.9 Å². The second-order valence-electron chi connectivity index (χ2n) is 7.80. The molecule has 0 aliphatic carbocycles. The number of hydrogen-bond acceptors (Lipinski definition) is 2. The molecule has 31 heavy (non-hydrogen) atoms. The highest BCUT2D eigenvalue weighted by Crippen LogP contribution is 2.27. The van der Waals surface area contributed by atoms with E-state index in [1.807, 2.05) is 63.3 Å². The van der Waals surface area contributed by atoms with Gasteiger partial charge in [0.15, 0.2) is 0 Å². The number of nitrogens with one attached hydrogen (secondary N) is 1. The summed E-state index contributed by atoms with van der Waals surface area (Å²) in [6.45, 7) is 8.41. The van der Waals surface area contributed by atoms with E-state index in [0.717, 1.165) is 41.6 Å². The fraction of sp³-hybridized carbons (Fsp3) is 0.259. The number of nitrogens with zero attached hydrogens (tertiary/aromatic N) is 1. The van der Waals surface area contributed by atoms with Gasteiger partial charge in [-0.25, -0.2) is 0 Å². The number of rotatable bonds is 8. The van der Waals surface area contributed by atoms with Gasteiger partial charge in [0.1, 0.15) is 6.29 Å². The molecule has 4 heteroatoms. The van der Waals surface area contributed by atoms with Crippen LogP contribution in [0.3, 0.4) is 0 Å². The molecule has 2 aromatic carbocycles. The van der Waals surface area contributed by atoms with Crippen molar-refractivity contribution in [1.82, 2.24) is 9.88 Å². The summed E-state index contributed by atoms with van der Waals surface area (Å²) in [4.78, 5) is 23.7. The normalized spacial score (nSPS) is 11.9. The zero-order valence-electron chi connectivity index (χ0n) is 18.7. The van der Waals surface area contributed by atoms with E-state index in [9.17, 15) is 9.59 Å². The summed E-state index contributed by atoms with van der Waals surface area (Å²) in [5.74, 6) is -0.103. The van der Waals surface area contributed by atoms with E-state index in [1.54, 1.807) is 0 Å². The summed E-state index contributed by atoms with van der Waals surface area (Å²) in [6, 6.07) is 14.0. The zero-order valence-corrected chi connectivity index (χ0v) is 18.7. The fourth-order valence-corrected chi connectivity index (χ4v) is 3.86. The van der Waals surface area contributed by atoms with E-state index in [2.05, 4.69) is 35.0 Å². The lowest BCUT2D eigenvalue weighted by atomic mass is 10.1. The van der Waals surface area contributed by atoms with Gasteiger partial charge in [-0.2, -0.15) is 0 Å². The molecule has 0 unspecified atom stereocenters. The highest BCUT2D eigenvalue weighted by Gasteiger charge is 2.12. The summed E-state index contributed by atoms with van der Waals surface area (Å²) in [5, 5.41) is 4.18. The molecule has 0 saturated heterocycles. The van der Waals surface area contributed by atoms with Gasteiger partial charge in [0.25, 0.3) is 5.91 Å². The minimum absolute atomic E-state index is 0.103. The quantitative estimate of drug-likeness (QED) is 0.386. The Morgan fingerprint density at radius 2 is 1.84 bits per heavy atom. The number of aromatic nitrogens is 1. The summed E-state index contributed by atoms with van der Waals surface area (Å²) in [5.41, 5.74) is 7.22. The van der Waals surface area contributed by atoms with E-state index in [1.165, 1.54) is 16.5 Å². The largest absolute Gasteiger partial charge is 0.337 e. The summed E-state index contributed by atoms with van der Waals surface area (Å²) >= 11 is 0. The van der Waals surface area contributed by atoms with Crippen molar-refractivity contribution in [2.24, 2.45) is 0 Å². The van der Waals surface area contributed by atoms with E-state index >= 15 is 0 Å². The SMILES string of the molecule is C/C=C(\C=C/CCc1c(C)n(CC=O)c2ccccc12)NC(=O)c1ccc(C)c(C)c1. The average Bonchev–Trinajstić information content (AvgIpc) is 3.03. The van der Waals surface area contributed by atoms with E-state index in [-0.39, 0.29) is 5.91 Å². The van der Waals surface area contributed by atoms with E-state index in [0.29, 0.717) is 12.1 Å². The minimum Gasteiger partial charge on any atom is -0.337 e. The monoisotopic (exact) mass is 414 g/mol. The number of amides is 1. The Bertz CT molecular complexity index is 1170. The Kier molecular flexibility index (Phi) is 7.24. The van der Waals surface area contributed by atoms with Crippen molar-refractivity contribution in [3.05, 3.63) is 94.3 Å². The molecule has 3 aromatic rings. The lowest BCUT2D eigenvalue weighted by molar-refractivity contribution is -0.108. The van der Waals surface area contributed by atoms with Gasteiger partial charge in [-0.1, -0.05) is 36.4 Å². The summed E-state index contributed by atoms with van der Waals surface area (Å²) in [6.07, 6.45) is 8.60. The van der Waals surface area contributed by atoms with Crippen LogP contribution in [0, 0.1) is 20.8 Å². The van der Waals surface area contributed by atoms with Crippen LogP contribution in [0.4, 0.5) is 0 Å². The zero-order chi connectivity index (χ0) is 22.4. The van der Waals surface area contributed by atoms with Gasteiger partial charge in [-0.3, -0.25) is 4.79 Å². The molecule has 1 heterocycles. The number of hydrogen-bond donors (Lipinski definition) is 1. The number of carbonyl (C=O) groups excluding carboxylic acids is 2. The maximum atomic E-state index is 12.6. The van der Waals surface area contributed by atoms with Crippen LogP contribution >= 0.6 is 0 Å². The number of benzene rings is 2. The summed E-state index contributed by atoms with van der Waals surface area (Å²) in [7, 11) is 0. The molecular weight excluding hydrogens is 384 g/mol. The van der Waals surface area contributed by atoms with Gasteiger partial charge in [0.05, 0.1) is 6.54 Å². The first-order chi connectivity index (χ1) is 15.0. The molecular formula is C27H30N2O2. The van der Waals surface area contributed by atoms with Crippen LogP contribution in [0.15, 0.2) is 66.4 Å². The highest BCUT2D eigenvalue weighted by molar-refractivity contribution is 5.95. The standard InChI is InChI=1S/C27H30N2O2/c1-5-23(28-27(31)22-15-14-19(2)20(3)18-22)10-6-7-11-24-21(4)29(16-17-30)26-13-9-8-12-25(24)26/h5-6,8-10,12-15,17-18H,7,11,16H2,1-4H3,(H,28,31)/b10-6-,23-5+. The third kappa shape index (κ3) is 5.02. The van der Waals surface area contributed by atoms with Gasteiger partial charge in [-0.15, -0.1) is 0 Å². The molecule has 0 saturated carbocycles. The third-order valence-electron chi connectivity index (χ3n) is 5.82. The maximum absolute atomic E-state index is 12.6. The molecule has 0 bridgehead atoms. The maximum Gasteiger partial charge on any atom is 0.255 e. The van der Waals surface area contributed by atoms with Crippen LogP contribution in [0.5, 0.6) is 0 Å². The van der Waals surface area contributed by atoms with Crippen LogP contribution < -0.4 is 5.32 Å². The topological polar surface area (TPSA) is 51.1 Å². The van der Waals surface area contributed by atoms with E-state index in [4.69, 9.17) is 0 Å². The third-order valence-corrected chi connectivity index (χ3v) is 5.82. The van der Waals surface area contributed by atoms with Gasteiger partial charge >= 0.3 is 0 Å². The molecule has 1 aromatic heterocycles. The molecule has 1 N–H and O–H groups in total. The molecule has 0 spiro atoms. The number of allylic oxidation sites excluding steroid dienone is 3. The lowest BCUT2D eigenvalue weighted by Crippen LogP contribution is -2.21. The Labute approximate surface area is 184 Å². The van der Waals surface area contributed by atoms with Crippen LogP contribution in [-0.4, -0.2) is 16.8 Å². The van der Waals surface area contributed by atoms with E-state index < -0.39 is 0 Å². The fourth-order valence-electron chi connectivity index (χ4n) is 3.86. The van der Waals surface area contributed by atoms with Crippen molar-refractivity contribution in [3.63, 3.8) is 0 Å². The number of aryl methyl sites for hydroxylation is 3. The lowest BCUT2D eigenvalue weighted by Gasteiger charge is -2.08. The Morgan fingerprint density at radius 1 is 1.06 bits per heavy atom. The molecule has 3 rings (SSSR count). The Hall–Kier alpha value is -3.40. The van der Waals surface area contributed by atoms with Crippen molar-refractivity contribution in [3.8, 4) is 0 Å². The number of para-hydroxylation sites is 1. The molecule has 160 valence electrons. The van der Waals surface area contributed by atoms with Crippen LogP contribution in [0.25, 0.3) is 10.9 Å². The number of aldehydes is 1. The van der Waals surface area contributed by atoms with Crippen molar-refractivity contribution >= 4 is 23.1 Å². The molecule has 0 aliphatic heterocycles. The molecule has 1 amide bonds. The molecule has 0 fully saturated rings. The van der Waals surface area contributed by atoms with Crippen molar-refractivity contribution in [1.29, 1.82) is 0 Å². The Balaban J connectivity index is 1.67. The predicted molar refractivity (Wildman–Crippen MR) is 127 cm³/mol. The van der Waals surface area contributed by atoms with Crippen molar-refractivity contribution in [2.45, 2.75) is 47.1 Å². The molecule has 4 nitrogen and oxygen atoms in total. The smallest absolute Gasteiger partial charge is 0.255 e. The number of carbonyl (C=O) groups is 2. The van der Waals surface area contributed by atoms with Gasteiger partial charge in [0.2, 0.25) is 0 Å². The van der Waals surface area contributed by atoms with Gasteiger partial charge < -0.3 is 14.7 Å². The number of fused-ring (bicyclic) bond motifs is 1. The van der Waals surface area contributed by atoms with Crippen LogP contribution in [0.2, 0.25) is 0 Å². The second-order valence-corrected chi connectivity index (χ2v) is 7.80. The van der Waals surface area contributed by atoms with Gasteiger partial charge in [-0.05, 0) is 81.5 Å². The molecule has 0 atom stereocenters. The van der Waals surface area contributed by atoms with Crippen LogP contribution in [-0.2, 0) is 17.8 Å². The first kappa shape index (κ1) is 22.3. The minimum atomic E-state index is -0.103.